The van der Waals surface area contributed by atoms with Crippen molar-refractivity contribution in [2.75, 3.05) is 25.5 Å². The molecule has 0 saturated heterocycles. The molecule has 0 bridgehead atoms. The zero-order valence-corrected chi connectivity index (χ0v) is 13.1. The van der Waals surface area contributed by atoms with Crippen LogP contribution in [0.25, 0.3) is 0 Å². The van der Waals surface area contributed by atoms with Crippen molar-refractivity contribution in [3.63, 3.8) is 0 Å². The van der Waals surface area contributed by atoms with E-state index in [9.17, 15) is 0 Å². The molecule has 0 saturated carbocycles. The van der Waals surface area contributed by atoms with Crippen molar-refractivity contribution in [1.29, 1.82) is 0 Å². The lowest BCUT2D eigenvalue weighted by Crippen LogP contribution is -2.31. The highest BCUT2D eigenvalue weighted by atomic mass is 35.5. The topological polar surface area (TPSA) is 32.3 Å². The molecule has 2 heterocycles. The molecule has 0 spiro atoms. The van der Waals surface area contributed by atoms with Crippen LogP contribution in [-0.2, 0) is 19.5 Å². The predicted molar refractivity (Wildman–Crippen MR) is 85.6 cm³/mol. The SMILES string of the molecule is CN(C)c1nc(Cl)c2c(n1)CN(Cc1ccccc1)CC2. The summed E-state index contributed by atoms with van der Waals surface area (Å²) in [6, 6.07) is 10.5. The molecule has 5 heteroatoms. The van der Waals surface area contributed by atoms with Gasteiger partial charge in [-0.05, 0) is 12.0 Å². The van der Waals surface area contributed by atoms with Gasteiger partial charge >= 0.3 is 0 Å². The maximum absolute atomic E-state index is 6.30. The van der Waals surface area contributed by atoms with Crippen LogP contribution in [0.5, 0.6) is 0 Å². The molecule has 0 unspecified atom stereocenters. The molecule has 3 rings (SSSR count). The van der Waals surface area contributed by atoms with Gasteiger partial charge in [0.05, 0.1) is 5.69 Å². The minimum absolute atomic E-state index is 0.600. The highest BCUT2D eigenvalue weighted by molar-refractivity contribution is 6.30. The van der Waals surface area contributed by atoms with Crippen LogP contribution in [0.1, 0.15) is 16.8 Å². The van der Waals surface area contributed by atoms with Crippen LogP contribution in [-0.4, -0.2) is 35.5 Å². The Hall–Kier alpha value is -1.65. The van der Waals surface area contributed by atoms with Gasteiger partial charge in [-0.1, -0.05) is 41.9 Å². The van der Waals surface area contributed by atoms with Crippen molar-refractivity contribution in [1.82, 2.24) is 14.9 Å². The van der Waals surface area contributed by atoms with Crippen molar-refractivity contribution in [2.45, 2.75) is 19.5 Å². The average Bonchev–Trinajstić information content (AvgIpc) is 2.48. The number of rotatable bonds is 3. The zero-order chi connectivity index (χ0) is 14.8. The Kier molecular flexibility index (Phi) is 4.08. The maximum Gasteiger partial charge on any atom is 0.226 e. The second kappa shape index (κ2) is 6.00. The molecule has 1 aromatic heterocycles. The van der Waals surface area contributed by atoms with E-state index in [4.69, 9.17) is 11.6 Å². The van der Waals surface area contributed by atoms with Crippen molar-refractivity contribution in [3.8, 4) is 0 Å². The van der Waals surface area contributed by atoms with Gasteiger partial charge in [0.1, 0.15) is 5.15 Å². The van der Waals surface area contributed by atoms with Gasteiger partial charge in [0.15, 0.2) is 0 Å². The van der Waals surface area contributed by atoms with Gasteiger partial charge < -0.3 is 4.90 Å². The first-order valence-corrected chi connectivity index (χ1v) is 7.50. The molecule has 110 valence electrons. The number of fused-ring (bicyclic) bond motifs is 1. The van der Waals surface area contributed by atoms with E-state index in [1.807, 2.05) is 25.1 Å². The third-order valence-electron chi connectivity index (χ3n) is 3.73. The Morgan fingerprint density at radius 3 is 2.67 bits per heavy atom. The number of aromatic nitrogens is 2. The molecule has 2 aromatic rings. The minimum atomic E-state index is 0.600. The molecule has 0 aliphatic carbocycles. The highest BCUT2D eigenvalue weighted by Crippen LogP contribution is 2.26. The fourth-order valence-corrected chi connectivity index (χ4v) is 2.88. The Morgan fingerprint density at radius 1 is 1.19 bits per heavy atom. The first-order valence-electron chi connectivity index (χ1n) is 7.12. The molecular formula is C16H19ClN4. The summed E-state index contributed by atoms with van der Waals surface area (Å²) >= 11 is 6.30. The number of halogens is 1. The number of nitrogens with zero attached hydrogens (tertiary/aromatic N) is 4. The Labute approximate surface area is 130 Å². The summed E-state index contributed by atoms with van der Waals surface area (Å²) < 4.78 is 0. The van der Waals surface area contributed by atoms with E-state index in [1.54, 1.807) is 0 Å². The van der Waals surface area contributed by atoms with Gasteiger partial charge in [-0.25, -0.2) is 9.97 Å². The van der Waals surface area contributed by atoms with Crippen LogP contribution in [0.15, 0.2) is 30.3 Å². The second-order valence-corrected chi connectivity index (χ2v) is 5.94. The predicted octanol–water partition coefficient (Wildman–Crippen LogP) is 2.75. The third-order valence-corrected chi connectivity index (χ3v) is 4.04. The van der Waals surface area contributed by atoms with E-state index >= 15 is 0 Å². The van der Waals surface area contributed by atoms with Crippen molar-refractivity contribution in [2.24, 2.45) is 0 Å². The first-order chi connectivity index (χ1) is 10.1. The number of anilines is 1. The second-order valence-electron chi connectivity index (χ2n) is 5.58. The van der Waals surface area contributed by atoms with Gasteiger partial charge in [-0.2, -0.15) is 0 Å². The van der Waals surface area contributed by atoms with Crippen LogP contribution in [0.2, 0.25) is 5.15 Å². The normalized spacial score (nSPS) is 14.8. The van der Waals surface area contributed by atoms with E-state index in [0.29, 0.717) is 11.1 Å². The van der Waals surface area contributed by atoms with Crippen molar-refractivity contribution in [3.05, 3.63) is 52.3 Å². The van der Waals surface area contributed by atoms with Crippen LogP contribution >= 0.6 is 11.6 Å². The van der Waals surface area contributed by atoms with Crippen molar-refractivity contribution < 1.29 is 0 Å². The Morgan fingerprint density at radius 2 is 1.95 bits per heavy atom. The quantitative estimate of drug-likeness (QED) is 0.816. The summed E-state index contributed by atoms with van der Waals surface area (Å²) in [5.74, 6) is 0.681. The van der Waals surface area contributed by atoms with Gasteiger partial charge in [0.2, 0.25) is 5.95 Å². The lowest BCUT2D eigenvalue weighted by Gasteiger charge is -2.29. The lowest BCUT2D eigenvalue weighted by atomic mass is 10.1. The third kappa shape index (κ3) is 3.17. The van der Waals surface area contributed by atoms with E-state index in [0.717, 1.165) is 37.3 Å². The fourth-order valence-electron chi connectivity index (χ4n) is 2.60. The minimum Gasteiger partial charge on any atom is -0.347 e. The van der Waals surface area contributed by atoms with Crippen LogP contribution < -0.4 is 4.90 Å². The standard InChI is InChI=1S/C16H19ClN4/c1-20(2)16-18-14-11-21(9-8-13(14)15(17)19-16)10-12-6-4-3-5-7-12/h3-7H,8-11H2,1-2H3. The number of hydrogen-bond donors (Lipinski definition) is 0. The Balaban J connectivity index is 1.81. The zero-order valence-electron chi connectivity index (χ0n) is 12.4. The van der Waals surface area contributed by atoms with Crippen molar-refractivity contribution >= 4 is 17.5 Å². The Bertz CT molecular complexity index is 628. The summed E-state index contributed by atoms with van der Waals surface area (Å²) in [6.45, 7) is 2.76. The first kappa shape index (κ1) is 14.3. The summed E-state index contributed by atoms with van der Waals surface area (Å²) in [6.07, 6.45) is 0.911. The highest BCUT2D eigenvalue weighted by Gasteiger charge is 2.22. The number of benzene rings is 1. The largest absolute Gasteiger partial charge is 0.347 e. The van der Waals surface area contributed by atoms with E-state index in [1.165, 1.54) is 5.56 Å². The van der Waals surface area contributed by atoms with Crippen LogP contribution in [0.4, 0.5) is 5.95 Å². The fraction of sp³-hybridized carbons (Fsp3) is 0.375. The van der Waals surface area contributed by atoms with Gasteiger partial charge in [-0.3, -0.25) is 4.90 Å². The molecule has 1 aromatic carbocycles. The van der Waals surface area contributed by atoms with Gasteiger partial charge in [-0.15, -0.1) is 0 Å². The number of hydrogen-bond acceptors (Lipinski definition) is 4. The van der Waals surface area contributed by atoms with E-state index in [2.05, 4.69) is 39.1 Å². The maximum atomic E-state index is 6.30. The smallest absolute Gasteiger partial charge is 0.226 e. The van der Waals surface area contributed by atoms with Crippen LogP contribution in [0.3, 0.4) is 0 Å². The average molecular weight is 303 g/mol. The summed E-state index contributed by atoms with van der Waals surface area (Å²) in [5.41, 5.74) is 3.49. The van der Waals surface area contributed by atoms with E-state index in [-0.39, 0.29) is 0 Å². The molecule has 0 amide bonds. The molecular weight excluding hydrogens is 284 g/mol. The van der Waals surface area contributed by atoms with Gasteiger partial charge in [0, 0.05) is 39.3 Å². The molecule has 0 N–H and O–H groups in total. The van der Waals surface area contributed by atoms with Crippen LogP contribution in [0, 0.1) is 0 Å². The molecule has 0 atom stereocenters. The van der Waals surface area contributed by atoms with E-state index < -0.39 is 0 Å². The molecule has 0 fully saturated rings. The molecule has 4 nitrogen and oxygen atoms in total. The summed E-state index contributed by atoms with van der Waals surface area (Å²) in [7, 11) is 3.87. The molecule has 1 aliphatic heterocycles. The monoisotopic (exact) mass is 302 g/mol. The molecule has 21 heavy (non-hydrogen) atoms. The lowest BCUT2D eigenvalue weighted by molar-refractivity contribution is 0.241. The summed E-state index contributed by atoms with van der Waals surface area (Å²) in [4.78, 5) is 13.3. The van der Waals surface area contributed by atoms with Gasteiger partial charge in [0.25, 0.3) is 0 Å². The molecule has 0 radical (unpaired) electrons. The molecule has 1 aliphatic rings. The summed E-state index contributed by atoms with van der Waals surface area (Å²) in [5, 5.41) is 0.600.